The fourth-order valence-electron chi connectivity index (χ4n) is 2.61. The van der Waals surface area contributed by atoms with Crippen molar-refractivity contribution < 1.29 is 0 Å². The van der Waals surface area contributed by atoms with Crippen molar-refractivity contribution in [2.75, 3.05) is 5.32 Å². The van der Waals surface area contributed by atoms with E-state index in [-0.39, 0.29) is 0 Å². The Labute approximate surface area is 113 Å². The number of hydrogen-bond acceptors (Lipinski definition) is 3. The molecule has 1 N–H and O–H groups in total. The SMILES string of the molecule is CC(C)C1CC(Nc2ccc(-n3cncn3)cc2)C1. The summed E-state index contributed by atoms with van der Waals surface area (Å²) in [4.78, 5) is 3.95. The molecular formula is C15H20N4. The van der Waals surface area contributed by atoms with Crippen LogP contribution in [0.3, 0.4) is 0 Å². The number of benzene rings is 1. The van der Waals surface area contributed by atoms with Gasteiger partial charge >= 0.3 is 0 Å². The highest BCUT2D eigenvalue weighted by Gasteiger charge is 2.30. The van der Waals surface area contributed by atoms with E-state index < -0.39 is 0 Å². The minimum atomic E-state index is 0.643. The molecule has 1 saturated carbocycles. The second-order valence-electron chi connectivity index (χ2n) is 5.70. The van der Waals surface area contributed by atoms with Crippen LogP contribution in [0.5, 0.6) is 0 Å². The predicted octanol–water partition coefficient (Wildman–Crippen LogP) is 3.11. The summed E-state index contributed by atoms with van der Waals surface area (Å²) in [5, 5.41) is 7.71. The summed E-state index contributed by atoms with van der Waals surface area (Å²) in [6.07, 6.45) is 5.85. The highest BCUT2D eigenvalue weighted by molar-refractivity contribution is 5.49. The lowest BCUT2D eigenvalue weighted by Crippen LogP contribution is -2.37. The molecule has 1 aliphatic carbocycles. The first-order valence-corrected chi connectivity index (χ1v) is 6.94. The second kappa shape index (κ2) is 5.03. The van der Waals surface area contributed by atoms with Gasteiger partial charge < -0.3 is 5.32 Å². The van der Waals surface area contributed by atoms with Crippen LogP contribution in [0.2, 0.25) is 0 Å². The first-order chi connectivity index (χ1) is 9.22. The van der Waals surface area contributed by atoms with E-state index >= 15 is 0 Å². The third-order valence-electron chi connectivity index (χ3n) is 4.04. The Bertz CT molecular complexity index is 510. The lowest BCUT2D eigenvalue weighted by atomic mass is 9.73. The average Bonchev–Trinajstić information content (AvgIpc) is 2.87. The van der Waals surface area contributed by atoms with Crippen molar-refractivity contribution in [2.45, 2.75) is 32.7 Å². The maximum Gasteiger partial charge on any atom is 0.138 e. The average molecular weight is 256 g/mol. The molecule has 0 radical (unpaired) electrons. The van der Waals surface area contributed by atoms with Gasteiger partial charge in [-0.2, -0.15) is 5.10 Å². The molecule has 0 saturated heterocycles. The Hall–Kier alpha value is -1.84. The van der Waals surface area contributed by atoms with Gasteiger partial charge in [0.25, 0.3) is 0 Å². The van der Waals surface area contributed by atoms with Gasteiger partial charge in [-0.15, -0.1) is 0 Å². The lowest BCUT2D eigenvalue weighted by Gasteiger charge is -2.39. The number of aromatic nitrogens is 3. The molecule has 19 heavy (non-hydrogen) atoms. The van der Waals surface area contributed by atoms with Crippen LogP contribution in [0.15, 0.2) is 36.9 Å². The Kier molecular flexibility index (Phi) is 3.23. The molecule has 4 nitrogen and oxygen atoms in total. The summed E-state index contributed by atoms with van der Waals surface area (Å²) in [6.45, 7) is 4.63. The van der Waals surface area contributed by atoms with Crippen molar-refractivity contribution in [1.29, 1.82) is 0 Å². The normalized spacial score (nSPS) is 22.3. The number of nitrogens with zero attached hydrogens (tertiary/aromatic N) is 3. The third kappa shape index (κ3) is 2.62. The smallest absolute Gasteiger partial charge is 0.138 e. The molecule has 2 aromatic rings. The number of anilines is 1. The predicted molar refractivity (Wildman–Crippen MR) is 76.3 cm³/mol. The first-order valence-electron chi connectivity index (χ1n) is 6.94. The molecule has 1 aromatic carbocycles. The second-order valence-corrected chi connectivity index (χ2v) is 5.70. The van der Waals surface area contributed by atoms with E-state index in [1.54, 1.807) is 17.3 Å². The Morgan fingerprint density at radius 3 is 2.53 bits per heavy atom. The zero-order valence-electron chi connectivity index (χ0n) is 11.5. The maximum absolute atomic E-state index is 4.12. The van der Waals surface area contributed by atoms with Crippen LogP contribution in [0, 0.1) is 11.8 Å². The molecule has 4 heteroatoms. The van der Waals surface area contributed by atoms with E-state index in [1.807, 2.05) is 0 Å². The van der Waals surface area contributed by atoms with Gasteiger partial charge in [-0.3, -0.25) is 0 Å². The summed E-state index contributed by atoms with van der Waals surface area (Å²) in [6, 6.07) is 8.99. The van der Waals surface area contributed by atoms with E-state index in [0.29, 0.717) is 6.04 Å². The van der Waals surface area contributed by atoms with E-state index in [4.69, 9.17) is 0 Å². The van der Waals surface area contributed by atoms with Crippen molar-refractivity contribution in [3.8, 4) is 5.69 Å². The summed E-state index contributed by atoms with van der Waals surface area (Å²) in [7, 11) is 0. The minimum absolute atomic E-state index is 0.643. The molecule has 0 atom stereocenters. The summed E-state index contributed by atoms with van der Waals surface area (Å²) in [5.74, 6) is 1.71. The number of hydrogen-bond donors (Lipinski definition) is 1. The fourth-order valence-corrected chi connectivity index (χ4v) is 2.61. The van der Waals surface area contributed by atoms with Crippen LogP contribution in [0.1, 0.15) is 26.7 Å². The van der Waals surface area contributed by atoms with Gasteiger partial charge in [-0.25, -0.2) is 9.67 Å². The van der Waals surface area contributed by atoms with Gasteiger partial charge in [0.15, 0.2) is 0 Å². The van der Waals surface area contributed by atoms with Gasteiger partial charge in [-0.1, -0.05) is 13.8 Å². The molecule has 1 heterocycles. The maximum atomic E-state index is 4.12. The van der Waals surface area contributed by atoms with Crippen LogP contribution in [0.25, 0.3) is 5.69 Å². The van der Waals surface area contributed by atoms with Gasteiger partial charge in [0.05, 0.1) is 5.69 Å². The molecule has 0 spiro atoms. The largest absolute Gasteiger partial charge is 0.382 e. The van der Waals surface area contributed by atoms with Crippen molar-refractivity contribution >= 4 is 5.69 Å². The van der Waals surface area contributed by atoms with E-state index in [9.17, 15) is 0 Å². The monoisotopic (exact) mass is 256 g/mol. The van der Waals surface area contributed by atoms with Gasteiger partial charge in [-0.05, 0) is 48.9 Å². The van der Waals surface area contributed by atoms with E-state index in [2.05, 4.69) is 53.5 Å². The Morgan fingerprint density at radius 2 is 1.95 bits per heavy atom. The van der Waals surface area contributed by atoms with Crippen molar-refractivity contribution in [3.63, 3.8) is 0 Å². The van der Waals surface area contributed by atoms with Gasteiger partial charge in [0.1, 0.15) is 12.7 Å². The lowest BCUT2D eigenvalue weighted by molar-refractivity contribution is 0.212. The van der Waals surface area contributed by atoms with Gasteiger partial charge in [0.2, 0.25) is 0 Å². The van der Waals surface area contributed by atoms with Crippen LogP contribution >= 0.6 is 0 Å². The molecule has 1 aliphatic rings. The molecule has 3 rings (SSSR count). The van der Waals surface area contributed by atoms with Crippen LogP contribution in [-0.4, -0.2) is 20.8 Å². The zero-order chi connectivity index (χ0) is 13.2. The molecule has 0 amide bonds. The molecule has 0 unspecified atom stereocenters. The standard InChI is InChI=1S/C15H20N4/c1-11(2)12-7-14(8-12)18-13-3-5-15(6-4-13)19-10-16-9-17-19/h3-6,9-12,14,18H,7-8H2,1-2H3. The first kappa shape index (κ1) is 12.2. The van der Waals surface area contributed by atoms with Crippen LogP contribution in [0.4, 0.5) is 5.69 Å². The highest BCUT2D eigenvalue weighted by atomic mass is 15.3. The van der Waals surface area contributed by atoms with Crippen molar-refractivity contribution in [1.82, 2.24) is 14.8 Å². The van der Waals surface area contributed by atoms with Crippen LogP contribution in [-0.2, 0) is 0 Å². The third-order valence-corrected chi connectivity index (χ3v) is 4.04. The molecule has 0 aliphatic heterocycles. The summed E-state index contributed by atoms with van der Waals surface area (Å²) < 4.78 is 1.77. The summed E-state index contributed by atoms with van der Waals surface area (Å²) in [5.41, 5.74) is 2.23. The minimum Gasteiger partial charge on any atom is -0.382 e. The fraction of sp³-hybridized carbons (Fsp3) is 0.467. The molecule has 100 valence electrons. The van der Waals surface area contributed by atoms with E-state index in [0.717, 1.165) is 17.5 Å². The zero-order valence-corrected chi connectivity index (χ0v) is 11.5. The quantitative estimate of drug-likeness (QED) is 0.914. The van der Waals surface area contributed by atoms with E-state index in [1.165, 1.54) is 18.5 Å². The van der Waals surface area contributed by atoms with Crippen molar-refractivity contribution in [3.05, 3.63) is 36.9 Å². The molecule has 0 bridgehead atoms. The Morgan fingerprint density at radius 1 is 1.21 bits per heavy atom. The molecular weight excluding hydrogens is 236 g/mol. The molecule has 1 fully saturated rings. The summed E-state index contributed by atoms with van der Waals surface area (Å²) >= 11 is 0. The molecule has 1 aromatic heterocycles. The highest BCUT2D eigenvalue weighted by Crippen LogP contribution is 2.35. The topological polar surface area (TPSA) is 42.7 Å². The number of nitrogens with one attached hydrogen (secondary N) is 1. The van der Waals surface area contributed by atoms with Gasteiger partial charge in [0, 0.05) is 11.7 Å². The Balaban J connectivity index is 1.59. The van der Waals surface area contributed by atoms with Crippen LogP contribution < -0.4 is 5.32 Å². The van der Waals surface area contributed by atoms with Crippen molar-refractivity contribution in [2.24, 2.45) is 11.8 Å². The number of rotatable bonds is 4.